The third kappa shape index (κ3) is 3.85. The molecular formula is C22H22N2O4S2. The highest BCUT2D eigenvalue weighted by Crippen LogP contribution is 2.33. The Bertz CT molecular complexity index is 1290. The molecule has 3 aromatic heterocycles. The van der Waals surface area contributed by atoms with Crippen LogP contribution in [-0.2, 0) is 9.53 Å². The second-order valence-electron chi connectivity index (χ2n) is 7.54. The average molecular weight is 443 g/mol. The predicted octanol–water partition coefficient (Wildman–Crippen LogP) is 3.40. The number of furan rings is 1. The monoisotopic (exact) mass is 442 g/mol. The van der Waals surface area contributed by atoms with E-state index < -0.39 is 12.0 Å². The molecule has 1 aliphatic heterocycles. The minimum atomic E-state index is -0.554. The smallest absolute Gasteiger partial charge is 0.338 e. The van der Waals surface area contributed by atoms with E-state index >= 15 is 0 Å². The van der Waals surface area contributed by atoms with Crippen molar-refractivity contribution in [2.45, 2.75) is 33.7 Å². The highest BCUT2D eigenvalue weighted by Gasteiger charge is 2.34. The van der Waals surface area contributed by atoms with Crippen molar-refractivity contribution in [1.29, 1.82) is 0 Å². The Labute approximate surface area is 181 Å². The summed E-state index contributed by atoms with van der Waals surface area (Å²) in [7, 11) is 0. The molecular weight excluding hydrogens is 420 g/mol. The van der Waals surface area contributed by atoms with Gasteiger partial charge in [0.25, 0.3) is 5.56 Å². The van der Waals surface area contributed by atoms with Gasteiger partial charge in [0.05, 0.1) is 22.4 Å². The van der Waals surface area contributed by atoms with Gasteiger partial charge in [0.2, 0.25) is 0 Å². The predicted molar refractivity (Wildman–Crippen MR) is 117 cm³/mol. The van der Waals surface area contributed by atoms with E-state index in [0.29, 0.717) is 33.0 Å². The molecule has 0 saturated carbocycles. The quantitative estimate of drug-likeness (QED) is 0.568. The van der Waals surface area contributed by atoms with Crippen molar-refractivity contribution in [2.75, 3.05) is 6.61 Å². The normalized spacial score (nSPS) is 16.7. The van der Waals surface area contributed by atoms with Crippen LogP contribution in [0.2, 0.25) is 0 Å². The second-order valence-corrected chi connectivity index (χ2v) is 9.53. The van der Waals surface area contributed by atoms with Gasteiger partial charge in [-0.1, -0.05) is 31.3 Å². The Morgan fingerprint density at radius 2 is 2.13 bits per heavy atom. The van der Waals surface area contributed by atoms with Gasteiger partial charge in [-0.05, 0) is 43.3 Å². The van der Waals surface area contributed by atoms with Crippen LogP contribution < -0.4 is 14.9 Å². The van der Waals surface area contributed by atoms with Gasteiger partial charge in [-0.15, -0.1) is 11.3 Å². The van der Waals surface area contributed by atoms with Crippen LogP contribution in [0.15, 0.2) is 55.1 Å². The lowest BCUT2D eigenvalue weighted by molar-refractivity contribution is -0.140. The summed E-state index contributed by atoms with van der Waals surface area (Å²) in [6, 6.07) is 6.96. The number of hydrogen-bond acceptors (Lipinski definition) is 7. The molecule has 0 saturated heterocycles. The number of rotatable bonds is 5. The van der Waals surface area contributed by atoms with Crippen molar-refractivity contribution in [3.05, 3.63) is 77.0 Å². The number of carbonyl (C=O) groups excluding carboxylic acids is 1. The van der Waals surface area contributed by atoms with Crippen LogP contribution in [0.25, 0.3) is 6.08 Å². The minimum Gasteiger partial charge on any atom is -0.462 e. The fraction of sp³-hybridized carbons (Fsp3) is 0.318. The van der Waals surface area contributed by atoms with Crippen molar-refractivity contribution in [2.24, 2.45) is 10.9 Å². The van der Waals surface area contributed by atoms with Crippen LogP contribution in [0.4, 0.5) is 0 Å². The van der Waals surface area contributed by atoms with Crippen LogP contribution in [0, 0.1) is 12.8 Å². The molecule has 4 rings (SSSR count). The molecule has 4 heterocycles. The van der Waals surface area contributed by atoms with E-state index in [1.807, 2.05) is 50.4 Å². The lowest BCUT2D eigenvalue weighted by Gasteiger charge is -2.23. The molecule has 0 radical (unpaired) electrons. The molecule has 3 aromatic rings. The summed E-state index contributed by atoms with van der Waals surface area (Å²) >= 11 is 2.79. The zero-order chi connectivity index (χ0) is 21.4. The number of aromatic nitrogens is 1. The molecule has 1 atom stereocenters. The molecule has 0 fully saturated rings. The molecule has 0 unspecified atom stereocenters. The molecule has 6 nitrogen and oxygen atoms in total. The number of ether oxygens (including phenoxy) is 1. The van der Waals surface area contributed by atoms with Gasteiger partial charge in [-0.3, -0.25) is 9.36 Å². The van der Waals surface area contributed by atoms with E-state index in [1.54, 1.807) is 17.6 Å². The number of allylic oxidation sites excluding steroid dienone is 1. The van der Waals surface area contributed by atoms with Gasteiger partial charge in [0, 0.05) is 11.0 Å². The number of aryl methyl sites for hydroxylation is 1. The topological polar surface area (TPSA) is 73.8 Å². The van der Waals surface area contributed by atoms with Crippen LogP contribution >= 0.6 is 22.7 Å². The van der Waals surface area contributed by atoms with Gasteiger partial charge < -0.3 is 9.15 Å². The van der Waals surface area contributed by atoms with Gasteiger partial charge in [0.15, 0.2) is 4.80 Å². The molecule has 1 aliphatic rings. The van der Waals surface area contributed by atoms with E-state index in [-0.39, 0.29) is 11.5 Å². The maximum atomic E-state index is 13.3. The number of carbonyl (C=O) groups is 1. The Kier molecular flexibility index (Phi) is 5.62. The van der Waals surface area contributed by atoms with Gasteiger partial charge in [-0.2, -0.15) is 0 Å². The third-order valence-electron chi connectivity index (χ3n) is 4.64. The highest BCUT2D eigenvalue weighted by molar-refractivity contribution is 7.10. The zero-order valence-electron chi connectivity index (χ0n) is 17.2. The minimum absolute atomic E-state index is 0.201. The summed E-state index contributed by atoms with van der Waals surface area (Å²) in [5.41, 5.74) is 0.780. The van der Waals surface area contributed by atoms with Crippen molar-refractivity contribution in [3.63, 3.8) is 0 Å². The number of esters is 1. The van der Waals surface area contributed by atoms with E-state index in [1.165, 1.54) is 22.7 Å². The number of hydrogen-bond donors (Lipinski definition) is 0. The second kappa shape index (κ2) is 8.20. The SMILES string of the molecule is CC1=C(C(=O)OCC(C)C)[C@H](c2cccs2)n2c(s/c(=C\c3ccc(C)o3)c2=O)=N1. The largest absolute Gasteiger partial charge is 0.462 e. The van der Waals surface area contributed by atoms with Crippen molar-refractivity contribution in [1.82, 2.24) is 4.57 Å². The Morgan fingerprint density at radius 1 is 1.33 bits per heavy atom. The summed E-state index contributed by atoms with van der Waals surface area (Å²) in [5.74, 6) is 1.17. The fourth-order valence-corrected chi connectivity index (χ4v) is 5.13. The first-order chi connectivity index (χ1) is 14.3. The average Bonchev–Trinajstić information content (AvgIpc) is 3.41. The summed E-state index contributed by atoms with van der Waals surface area (Å²) in [4.78, 5) is 32.3. The van der Waals surface area contributed by atoms with Gasteiger partial charge in [-0.25, -0.2) is 9.79 Å². The van der Waals surface area contributed by atoms with Crippen molar-refractivity contribution >= 4 is 34.7 Å². The molecule has 0 bridgehead atoms. The summed E-state index contributed by atoms with van der Waals surface area (Å²) < 4.78 is 13.2. The third-order valence-corrected chi connectivity index (χ3v) is 6.54. The number of thiophene rings is 1. The Morgan fingerprint density at radius 3 is 2.77 bits per heavy atom. The Hall–Kier alpha value is -2.71. The molecule has 30 heavy (non-hydrogen) atoms. The van der Waals surface area contributed by atoms with Crippen molar-refractivity contribution in [3.8, 4) is 0 Å². The van der Waals surface area contributed by atoms with Crippen LogP contribution in [0.1, 0.15) is 43.2 Å². The van der Waals surface area contributed by atoms with Crippen LogP contribution in [-0.4, -0.2) is 17.1 Å². The maximum absolute atomic E-state index is 13.3. The fourth-order valence-electron chi connectivity index (χ4n) is 3.28. The van der Waals surface area contributed by atoms with E-state index in [0.717, 1.165) is 10.6 Å². The first kappa shape index (κ1) is 20.6. The maximum Gasteiger partial charge on any atom is 0.338 e. The van der Waals surface area contributed by atoms with Crippen LogP contribution in [0.5, 0.6) is 0 Å². The molecule has 0 N–H and O–H groups in total. The van der Waals surface area contributed by atoms with E-state index in [9.17, 15) is 9.59 Å². The number of fused-ring (bicyclic) bond motifs is 1. The highest BCUT2D eigenvalue weighted by atomic mass is 32.1. The molecule has 8 heteroatoms. The lowest BCUT2D eigenvalue weighted by atomic mass is 10.0. The standard InChI is InChI=1S/C22H22N2O4S2/c1-12(2)11-27-21(26)18-14(4)23-22-24(19(18)16-6-5-9-29-16)20(25)17(30-22)10-15-8-7-13(3)28-15/h5-10,12,19H,11H2,1-4H3/b17-10-/t19-/m0/s1. The van der Waals surface area contributed by atoms with E-state index in [2.05, 4.69) is 4.99 Å². The number of nitrogens with zero attached hydrogens (tertiary/aromatic N) is 2. The first-order valence-corrected chi connectivity index (χ1v) is 11.3. The first-order valence-electron chi connectivity index (χ1n) is 9.64. The lowest BCUT2D eigenvalue weighted by Crippen LogP contribution is -2.39. The zero-order valence-corrected chi connectivity index (χ0v) is 18.8. The Balaban J connectivity index is 1.87. The molecule has 0 amide bonds. The summed E-state index contributed by atoms with van der Waals surface area (Å²) in [6.07, 6.45) is 1.72. The number of thiazole rings is 1. The summed E-state index contributed by atoms with van der Waals surface area (Å²) in [6.45, 7) is 7.93. The van der Waals surface area contributed by atoms with Gasteiger partial charge >= 0.3 is 5.97 Å². The molecule has 156 valence electrons. The van der Waals surface area contributed by atoms with Crippen LogP contribution in [0.3, 0.4) is 0 Å². The van der Waals surface area contributed by atoms with Crippen molar-refractivity contribution < 1.29 is 13.9 Å². The molecule has 0 spiro atoms. The van der Waals surface area contributed by atoms with E-state index in [4.69, 9.17) is 9.15 Å². The van der Waals surface area contributed by atoms with Gasteiger partial charge in [0.1, 0.15) is 17.6 Å². The molecule has 0 aliphatic carbocycles. The molecule has 0 aromatic carbocycles. The summed E-state index contributed by atoms with van der Waals surface area (Å²) in [5, 5.41) is 1.93.